The van der Waals surface area contributed by atoms with Gasteiger partial charge in [0.1, 0.15) is 0 Å². The van der Waals surface area contributed by atoms with Gasteiger partial charge in [-0.15, -0.1) is 0 Å². The molecule has 2 heterocycles. The smallest absolute Gasteiger partial charge is 0.321 e. The Balaban J connectivity index is 2.21. The van der Waals surface area contributed by atoms with E-state index in [0.717, 1.165) is 0 Å². The van der Waals surface area contributed by atoms with E-state index < -0.39 is 10.2 Å². The highest BCUT2D eigenvalue weighted by Gasteiger charge is 2.13. The number of hydrogen-bond donors (Lipinski definition) is 4. The van der Waals surface area contributed by atoms with Crippen LogP contribution in [0.2, 0.25) is 0 Å². The van der Waals surface area contributed by atoms with E-state index in [-0.39, 0.29) is 22.7 Å². The number of nitrogens with zero attached hydrogens (tertiary/aromatic N) is 2. The molecule has 0 bridgehead atoms. The maximum Gasteiger partial charge on any atom is 0.321 e. The van der Waals surface area contributed by atoms with E-state index in [1.165, 1.54) is 36.9 Å². The maximum absolute atomic E-state index is 11.9. The van der Waals surface area contributed by atoms with Gasteiger partial charge in [0.05, 0.1) is 35.1 Å². The molecule has 0 aliphatic carbocycles. The van der Waals surface area contributed by atoms with Crippen LogP contribution in [0.3, 0.4) is 0 Å². The fourth-order valence-electron chi connectivity index (χ4n) is 1.30. The van der Waals surface area contributed by atoms with E-state index >= 15 is 0 Å². The van der Waals surface area contributed by atoms with Gasteiger partial charge in [0.2, 0.25) is 0 Å². The summed E-state index contributed by atoms with van der Waals surface area (Å²) in [5.41, 5.74) is 12.1. The van der Waals surface area contributed by atoms with Crippen LogP contribution in [-0.2, 0) is 10.2 Å². The van der Waals surface area contributed by atoms with Crippen LogP contribution in [-0.4, -0.2) is 18.4 Å². The van der Waals surface area contributed by atoms with Crippen molar-refractivity contribution in [3.05, 3.63) is 36.9 Å². The fraction of sp³-hybridized carbons (Fsp3) is 0. The molecule has 100 valence electrons. The second-order valence-corrected chi connectivity index (χ2v) is 5.05. The van der Waals surface area contributed by atoms with Gasteiger partial charge in [-0.1, -0.05) is 0 Å². The Morgan fingerprint density at radius 3 is 1.68 bits per heavy atom. The molecule has 0 saturated carbocycles. The Bertz CT molecular complexity index is 634. The molecular formula is C10H12N6O2S. The lowest BCUT2D eigenvalue weighted by Crippen LogP contribution is -2.23. The zero-order valence-electron chi connectivity index (χ0n) is 9.74. The van der Waals surface area contributed by atoms with Crippen LogP contribution < -0.4 is 20.9 Å². The predicted octanol–water partition coefficient (Wildman–Crippen LogP) is 0.410. The largest absolute Gasteiger partial charge is 0.397 e. The van der Waals surface area contributed by atoms with E-state index in [0.29, 0.717) is 0 Å². The van der Waals surface area contributed by atoms with Crippen molar-refractivity contribution in [2.75, 3.05) is 20.9 Å². The van der Waals surface area contributed by atoms with Crippen LogP contribution in [0.15, 0.2) is 36.9 Å². The number of pyridine rings is 2. The molecule has 0 aliphatic heterocycles. The predicted molar refractivity (Wildman–Crippen MR) is 73.5 cm³/mol. The molecule has 8 nitrogen and oxygen atoms in total. The first kappa shape index (κ1) is 12.9. The van der Waals surface area contributed by atoms with Gasteiger partial charge < -0.3 is 11.5 Å². The van der Waals surface area contributed by atoms with E-state index in [1.54, 1.807) is 0 Å². The summed E-state index contributed by atoms with van der Waals surface area (Å²) in [7, 11) is -3.87. The zero-order valence-corrected chi connectivity index (χ0v) is 10.6. The Labute approximate surface area is 110 Å². The molecule has 0 spiro atoms. The van der Waals surface area contributed by atoms with Gasteiger partial charge in [0.15, 0.2) is 0 Å². The van der Waals surface area contributed by atoms with Gasteiger partial charge >= 0.3 is 10.2 Å². The van der Waals surface area contributed by atoms with E-state index in [2.05, 4.69) is 19.4 Å². The summed E-state index contributed by atoms with van der Waals surface area (Å²) in [6.07, 6.45) is 5.53. The number of nitrogens with two attached hydrogens (primary N) is 2. The quantitative estimate of drug-likeness (QED) is 0.640. The van der Waals surface area contributed by atoms with Crippen LogP contribution in [0.5, 0.6) is 0 Å². The summed E-state index contributed by atoms with van der Waals surface area (Å²) in [6.45, 7) is 0. The molecule has 0 atom stereocenters. The summed E-state index contributed by atoms with van der Waals surface area (Å²) < 4.78 is 28.3. The third-order valence-electron chi connectivity index (χ3n) is 2.20. The van der Waals surface area contributed by atoms with Gasteiger partial charge in [0, 0.05) is 12.4 Å². The van der Waals surface area contributed by atoms with Gasteiger partial charge in [-0.2, -0.15) is 8.42 Å². The molecule has 0 aromatic carbocycles. The molecule has 2 rings (SSSR count). The van der Waals surface area contributed by atoms with Crippen molar-refractivity contribution in [1.82, 2.24) is 9.97 Å². The van der Waals surface area contributed by atoms with Crippen molar-refractivity contribution in [2.24, 2.45) is 0 Å². The molecular weight excluding hydrogens is 268 g/mol. The topological polar surface area (TPSA) is 136 Å². The molecule has 0 radical (unpaired) electrons. The average molecular weight is 280 g/mol. The molecule has 19 heavy (non-hydrogen) atoms. The minimum atomic E-state index is -3.87. The molecule has 0 aliphatic rings. The average Bonchev–Trinajstić information content (AvgIpc) is 2.35. The highest BCUT2D eigenvalue weighted by atomic mass is 32.2. The van der Waals surface area contributed by atoms with Crippen molar-refractivity contribution in [1.29, 1.82) is 0 Å². The molecule has 0 saturated heterocycles. The van der Waals surface area contributed by atoms with Crippen LogP contribution >= 0.6 is 0 Å². The van der Waals surface area contributed by atoms with Crippen molar-refractivity contribution < 1.29 is 8.42 Å². The highest BCUT2D eigenvalue weighted by Crippen LogP contribution is 2.20. The summed E-state index contributed by atoms with van der Waals surface area (Å²) >= 11 is 0. The number of nitrogen functional groups attached to an aromatic ring is 2. The number of aromatic nitrogens is 2. The first-order valence-electron chi connectivity index (χ1n) is 5.17. The number of rotatable bonds is 4. The van der Waals surface area contributed by atoms with Crippen LogP contribution in [0.4, 0.5) is 22.7 Å². The third kappa shape index (κ3) is 3.22. The summed E-state index contributed by atoms with van der Waals surface area (Å²) in [5, 5.41) is 0. The maximum atomic E-state index is 11.9. The lowest BCUT2D eigenvalue weighted by atomic mass is 10.4. The molecule has 0 fully saturated rings. The van der Waals surface area contributed by atoms with Crippen molar-refractivity contribution in [3.8, 4) is 0 Å². The Hall–Kier alpha value is -2.55. The minimum absolute atomic E-state index is 0.178. The fourth-order valence-corrected chi connectivity index (χ4v) is 2.27. The van der Waals surface area contributed by atoms with E-state index in [1.807, 2.05) is 0 Å². The van der Waals surface area contributed by atoms with Crippen molar-refractivity contribution >= 4 is 33.0 Å². The summed E-state index contributed by atoms with van der Waals surface area (Å²) in [5.74, 6) is 0. The van der Waals surface area contributed by atoms with E-state index in [9.17, 15) is 8.42 Å². The van der Waals surface area contributed by atoms with Crippen LogP contribution in [0.1, 0.15) is 0 Å². The number of hydrogen-bond acceptors (Lipinski definition) is 6. The molecule has 6 N–H and O–H groups in total. The summed E-state index contributed by atoms with van der Waals surface area (Å²) in [4.78, 5) is 7.57. The molecule has 2 aromatic rings. The van der Waals surface area contributed by atoms with Gasteiger partial charge in [-0.25, -0.2) is 0 Å². The third-order valence-corrected chi connectivity index (χ3v) is 3.18. The second kappa shape index (κ2) is 4.98. The van der Waals surface area contributed by atoms with Gasteiger partial charge in [-0.05, 0) is 12.1 Å². The first-order chi connectivity index (χ1) is 8.98. The summed E-state index contributed by atoms with van der Waals surface area (Å²) in [6, 6.07) is 2.96. The monoisotopic (exact) mass is 280 g/mol. The first-order valence-corrected chi connectivity index (χ1v) is 6.66. The molecule has 0 unspecified atom stereocenters. The number of nitrogens with one attached hydrogen (secondary N) is 2. The van der Waals surface area contributed by atoms with Gasteiger partial charge in [-0.3, -0.25) is 19.4 Å². The highest BCUT2D eigenvalue weighted by molar-refractivity contribution is 7.94. The van der Waals surface area contributed by atoms with E-state index in [4.69, 9.17) is 11.5 Å². The zero-order chi connectivity index (χ0) is 13.9. The van der Waals surface area contributed by atoms with Crippen molar-refractivity contribution in [3.63, 3.8) is 0 Å². The normalized spacial score (nSPS) is 10.9. The van der Waals surface area contributed by atoms with Crippen LogP contribution in [0.25, 0.3) is 0 Å². The Kier molecular flexibility index (Phi) is 3.38. The lowest BCUT2D eigenvalue weighted by molar-refractivity contribution is 0.606. The number of anilines is 4. The van der Waals surface area contributed by atoms with Gasteiger partial charge in [0.25, 0.3) is 0 Å². The van der Waals surface area contributed by atoms with Crippen LogP contribution in [0, 0.1) is 0 Å². The minimum Gasteiger partial charge on any atom is -0.397 e. The second-order valence-electron chi connectivity index (χ2n) is 3.63. The molecule has 9 heteroatoms. The Morgan fingerprint density at radius 1 is 0.895 bits per heavy atom. The lowest BCUT2D eigenvalue weighted by Gasteiger charge is -2.12. The van der Waals surface area contributed by atoms with Crippen molar-refractivity contribution in [2.45, 2.75) is 0 Å². The Morgan fingerprint density at radius 2 is 1.32 bits per heavy atom. The standard InChI is InChI=1S/C10H12N6O2S/c11-7-1-3-13-5-9(7)15-19(17,18)16-10-6-14-4-2-8(10)12/h1-6,15-16H,(H2,11,13)(H2,12,14). The SMILES string of the molecule is Nc1ccncc1NS(=O)(=O)Nc1cnccc1N. The molecule has 0 amide bonds. The molecule has 2 aromatic heterocycles.